The van der Waals surface area contributed by atoms with Gasteiger partial charge in [-0.15, -0.1) is 0 Å². The molecule has 3 heterocycles. The Balaban J connectivity index is 1.49. The van der Waals surface area contributed by atoms with E-state index in [9.17, 15) is 4.79 Å². The zero-order chi connectivity index (χ0) is 20.0. The molecule has 29 heavy (non-hydrogen) atoms. The van der Waals surface area contributed by atoms with E-state index in [1.807, 2.05) is 56.6 Å². The minimum Gasteiger partial charge on any atom is -0.460 e. The number of furan rings is 1. The summed E-state index contributed by atoms with van der Waals surface area (Å²) in [7, 11) is 1.88. The fourth-order valence-electron chi connectivity index (χ4n) is 4.01. The molecule has 0 saturated carbocycles. The Morgan fingerprint density at radius 3 is 2.83 bits per heavy atom. The topological polar surface area (TPSA) is 75.3 Å². The van der Waals surface area contributed by atoms with Crippen LogP contribution in [0, 0.1) is 6.92 Å². The molecule has 2 N–H and O–H groups in total. The molecule has 0 unspecified atom stereocenters. The van der Waals surface area contributed by atoms with Gasteiger partial charge in [0.1, 0.15) is 11.3 Å². The zero-order valence-electron chi connectivity index (χ0n) is 16.5. The second-order valence-electron chi connectivity index (χ2n) is 7.50. The molecule has 2 aromatic heterocycles. The summed E-state index contributed by atoms with van der Waals surface area (Å²) in [6, 6.07) is 11.6. The molecule has 1 fully saturated rings. The SMILES string of the molecule is Cc1cc2c(N3CCNCC3)ccc(C(=O)Nc3ccc4cn(C)nc4c3)c2o1. The molecule has 148 valence electrons. The highest BCUT2D eigenvalue weighted by Crippen LogP contribution is 2.33. The van der Waals surface area contributed by atoms with E-state index in [2.05, 4.69) is 20.6 Å². The number of nitrogens with zero attached hydrogens (tertiary/aromatic N) is 3. The summed E-state index contributed by atoms with van der Waals surface area (Å²) < 4.78 is 7.71. The molecule has 4 aromatic rings. The first-order chi connectivity index (χ1) is 14.1. The van der Waals surface area contributed by atoms with Gasteiger partial charge in [-0.2, -0.15) is 5.10 Å². The van der Waals surface area contributed by atoms with Gasteiger partial charge >= 0.3 is 0 Å². The van der Waals surface area contributed by atoms with Crippen LogP contribution in [0.25, 0.3) is 21.9 Å². The van der Waals surface area contributed by atoms with Crippen LogP contribution in [0.3, 0.4) is 0 Å². The Morgan fingerprint density at radius 1 is 1.17 bits per heavy atom. The number of piperazine rings is 1. The molecule has 0 aliphatic carbocycles. The van der Waals surface area contributed by atoms with Crippen LogP contribution in [-0.4, -0.2) is 41.9 Å². The lowest BCUT2D eigenvalue weighted by molar-refractivity contribution is 0.102. The van der Waals surface area contributed by atoms with Gasteiger partial charge in [0.25, 0.3) is 5.91 Å². The molecule has 0 spiro atoms. The summed E-state index contributed by atoms with van der Waals surface area (Å²) in [4.78, 5) is 15.4. The van der Waals surface area contributed by atoms with Crippen LogP contribution in [0.15, 0.2) is 47.0 Å². The van der Waals surface area contributed by atoms with Crippen LogP contribution in [0.4, 0.5) is 11.4 Å². The Hall–Kier alpha value is -3.32. The van der Waals surface area contributed by atoms with Gasteiger partial charge in [0.15, 0.2) is 0 Å². The number of carbonyl (C=O) groups excluding carboxylic acids is 1. The zero-order valence-corrected chi connectivity index (χ0v) is 16.5. The van der Waals surface area contributed by atoms with Crippen molar-refractivity contribution in [1.82, 2.24) is 15.1 Å². The Labute approximate surface area is 168 Å². The second kappa shape index (κ2) is 6.93. The Morgan fingerprint density at radius 2 is 2.00 bits per heavy atom. The van der Waals surface area contributed by atoms with Crippen LogP contribution >= 0.6 is 0 Å². The minimum atomic E-state index is -0.188. The van der Waals surface area contributed by atoms with Crippen molar-refractivity contribution in [3.05, 3.63) is 53.9 Å². The molecule has 1 aliphatic rings. The standard InChI is InChI=1S/C22H23N5O2/c1-14-11-18-20(27-9-7-23-8-10-27)6-5-17(21(18)29-14)22(28)24-16-4-3-15-13-26(2)25-19(15)12-16/h3-6,11-13,23H,7-10H2,1-2H3,(H,24,28). The molecule has 0 bridgehead atoms. The maximum absolute atomic E-state index is 13.0. The molecule has 5 rings (SSSR count). The summed E-state index contributed by atoms with van der Waals surface area (Å²) >= 11 is 0. The molecular formula is C22H23N5O2. The van der Waals surface area contributed by atoms with E-state index in [0.29, 0.717) is 16.8 Å². The highest BCUT2D eigenvalue weighted by Gasteiger charge is 2.20. The Kier molecular flexibility index (Phi) is 4.24. The fourth-order valence-corrected chi connectivity index (χ4v) is 4.01. The normalized spacial score (nSPS) is 14.6. The van der Waals surface area contributed by atoms with Gasteiger partial charge in [-0.3, -0.25) is 9.48 Å². The third kappa shape index (κ3) is 3.23. The van der Waals surface area contributed by atoms with Gasteiger partial charge in [0.2, 0.25) is 0 Å². The van der Waals surface area contributed by atoms with Gasteiger partial charge in [-0.25, -0.2) is 0 Å². The molecule has 1 aliphatic heterocycles. The quantitative estimate of drug-likeness (QED) is 0.562. The predicted octanol–water partition coefficient (Wildman–Crippen LogP) is 3.29. The van der Waals surface area contributed by atoms with Crippen molar-refractivity contribution in [2.45, 2.75) is 6.92 Å². The number of nitrogens with one attached hydrogen (secondary N) is 2. The van der Waals surface area contributed by atoms with Crippen molar-refractivity contribution < 1.29 is 9.21 Å². The lowest BCUT2D eigenvalue weighted by Crippen LogP contribution is -2.43. The van der Waals surface area contributed by atoms with Crippen molar-refractivity contribution >= 4 is 39.2 Å². The lowest BCUT2D eigenvalue weighted by Gasteiger charge is -2.30. The van der Waals surface area contributed by atoms with Gasteiger partial charge in [0.05, 0.1) is 11.1 Å². The predicted molar refractivity (Wildman–Crippen MR) is 115 cm³/mol. The Bertz CT molecular complexity index is 1220. The minimum absolute atomic E-state index is 0.188. The van der Waals surface area contributed by atoms with Gasteiger partial charge < -0.3 is 20.0 Å². The number of amides is 1. The number of anilines is 2. The number of aryl methyl sites for hydroxylation is 2. The number of benzene rings is 2. The average molecular weight is 389 g/mol. The largest absolute Gasteiger partial charge is 0.460 e. The molecule has 0 radical (unpaired) electrons. The number of rotatable bonds is 3. The second-order valence-corrected chi connectivity index (χ2v) is 7.50. The van der Waals surface area contributed by atoms with Gasteiger partial charge in [-0.1, -0.05) is 0 Å². The van der Waals surface area contributed by atoms with E-state index in [1.165, 1.54) is 0 Å². The fraction of sp³-hybridized carbons (Fsp3) is 0.273. The van der Waals surface area contributed by atoms with Crippen LogP contribution in [0.1, 0.15) is 16.1 Å². The average Bonchev–Trinajstić information content (AvgIpc) is 3.28. The first-order valence-electron chi connectivity index (χ1n) is 9.82. The monoisotopic (exact) mass is 389 g/mol. The number of hydrogen-bond donors (Lipinski definition) is 2. The lowest BCUT2D eigenvalue weighted by atomic mass is 10.1. The van der Waals surface area contributed by atoms with Crippen molar-refractivity contribution in [2.24, 2.45) is 7.05 Å². The highest BCUT2D eigenvalue weighted by atomic mass is 16.3. The maximum Gasteiger partial charge on any atom is 0.259 e. The highest BCUT2D eigenvalue weighted by molar-refractivity contribution is 6.13. The van der Waals surface area contributed by atoms with Crippen LogP contribution in [0.2, 0.25) is 0 Å². The first-order valence-corrected chi connectivity index (χ1v) is 9.82. The molecular weight excluding hydrogens is 366 g/mol. The summed E-state index contributed by atoms with van der Waals surface area (Å²) in [5.74, 6) is 0.609. The smallest absolute Gasteiger partial charge is 0.259 e. The summed E-state index contributed by atoms with van der Waals surface area (Å²) in [5.41, 5.74) is 3.84. The summed E-state index contributed by atoms with van der Waals surface area (Å²) in [6.07, 6.45) is 1.95. The van der Waals surface area contributed by atoms with E-state index in [0.717, 1.165) is 53.9 Å². The van der Waals surface area contributed by atoms with Crippen molar-refractivity contribution in [3.63, 3.8) is 0 Å². The summed E-state index contributed by atoms with van der Waals surface area (Å²) in [5, 5.41) is 12.8. The summed E-state index contributed by atoms with van der Waals surface area (Å²) in [6.45, 7) is 5.70. The van der Waals surface area contributed by atoms with E-state index < -0.39 is 0 Å². The van der Waals surface area contributed by atoms with Crippen molar-refractivity contribution in [3.8, 4) is 0 Å². The van der Waals surface area contributed by atoms with E-state index in [-0.39, 0.29) is 5.91 Å². The van der Waals surface area contributed by atoms with Gasteiger partial charge in [0, 0.05) is 61.6 Å². The van der Waals surface area contributed by atoms with Gasteiger partial charge in [-0.05, 0) is 43.3 Å². The molecule has 7 heteroatoms. The molecule has 1 saturated heterocycles. The maximum atomic E-state index is 13.0. The number of aromatic nitrogens is 2. The van der Waals surface area contributed by atoms with E-state index >= 15 is 0 Å². The number of hydrogen-bond acceptors (Lipinski definition) is 5. The van der Waals surface area contributed by atoms with Crippen LogP contribution < -0.4 is 15.5 Å². The van der Waals surface area contributed by atoms with E-state index in [1.54, 1.807) is 4.68 Å². The molecule has 0 atom stereocenters. The third-order valence-corrected chi connectivity index (χ3v) is 5.37. The first kappa shape index (κ1) is 17.8. The van der Waals surface area contributed by atoms with Crippen molar-refractivity contribution in [2.75, 3.05) is 36.4 Å². The third-order valence-electron chi connectivity index (χ3n) is 5.37. The number of carbonyl (C=O) groups is 1. The molecule has 2 aromatic carbocycles. The van der Waals surface area contributed by atoms with Crippen molar-refractivity contribution in [1.29, 1.82) is 0 Å². The number of fused-ring (bicyclic) bond motifs is 2. The molecule has 1 amide bonds. The van der Waals surface area contributed by atoms with Crippen LogP contribution in [0.5, 0.6) is 0 Å². The molecule has 7 nitrogen and oxygen atoms in total. The van der Waals surface area contributed by atoms with Crippen LogP contribution in [-0.2, 0) is 7.05 Å². The van der Waals surface area contributed by atoms with E-state index in [4.69, 9.17) is 4.42 Å².